The quantitative estimate of drug-likeness (QED) is 0.765. The van der Waals surface area contributed by atoms with Gasteiger partial charge in [0.25, 0.3) is 0 Å². The average Bonchev–Trinajstić information content (AvgIpc) is 2.96. The van der Waals surface area contributed by atoms with Crippen molar-refractivity contribution in [2.45, 2.75) is 52.1 Å². The molecule has 0 aromatic carbocycles. The van der Waals surface area contributed by atoms with Crippen LogP contribution in [0.5, 0.6) is 0 Å². The van der Waals surface area contributed by atoms with E-state index in [1.165, 1.54) is 24.8 Å². The summed E-state index contributed by atoms with van der Waals surface area (Å²) in [4.78, 5) is 0. The lowest BCUT2D eigenvalue weighted by atomic mass is 10.0. The number of nitrogens with one attached hydrogen (secondary N) is 1. The predicted molar refractivity (Wildman–Crippen MR) is 66.4 cm³/mol. The van der Waals surface area contributed by atoms with Crippen LogP contribution in [0, 0.1) is 5.92 Å². The number of aromatic nitrogens is 2. The maximum atomic E-state index is 4.33. The van der Waals surface area contributed by atoms with Crippen LogP contribution >= 0.6 is 0 Å². The zero-order valence-corrected chi connectivity index (χ0v) is 10.4. The van der Waals surface area contributed by atoms with E-state index in [-0.39, 0.29) is 0 Å². The molecule has 1 heterocycles. The Hall–Kier alpha value is -0.830. The highest BCUT2D eigenvalue weighted by molar-refractivity contribution is 5.06. The number of hydrogen-bond donors (Lipinski definition) is 1. The van der Waals surface area contributed by atoms with Crippen molar-refractivity contribution in [3.8, 4) is 0 Å². The van der Waals surface area contributed by atoms with E-state index in [9.17, 15) is 0 Å². The molecule has 2 rings (SSSR count). The summed E-state index contributed by atoms with van der Waals surface area (Å²) in [5, 5.41) is 7.92. The molecule has 0 saturated heterocycles. The minimum atomic E-state index is 0.645. The third kappa shape index (κ3) is 3.34. The van der Waals surface area contributed by atoms with Gasteiger partial charge < -0.3 is 5.32 Å². The van der Waals surface area contributed by atoms with Crippen molar-refractivity contribution in [3.63, 3.8) is 0 Å². The van der Waals surface area contributed by atoms with Gasteiger partial charge in [0.15, 0.2) is 0 Å². The second-order valence-electron chi connectivity index (χ2n) is 4.84. The van der Waals surface area contributed by atoms with Gasteiger partial charge >= 0.3 is 0 Å². The van der Waals surface area contributed by atoms with Gasteiger partial charge in [0.05, 0.1) is 6.20 Å². The van der Waals surface area contributed by atoms with Crippen LogP contribution in [0.1, 0.15) is 38.7 Å². The predicted octanol–water partition coefficient (Wildman–Crippen LogP) is 2.22. The molecule has 90 valence electrons. The molecule has 0 spiro atoms. The Kier molecular flexibility index (Phi) is 3.99. The van der Waals surface area contributed by atoms with E-state index in [0.29, 0.717) is 6.04 Å². The molecule has 0 aliphatic heterocycles. The molecule has 3 nitrogen and oxygen atoms in total. The van der Waals surface area contributed by atoms with Gasteiger partial charge in [-0.15, -0.1) is 0 Å². The van der Waals surface area contributed by atoms with E-state index in [1.807, 2.05) is 10.9 Å². The highest BCUT2D eigenvalue weighted by Crippen LogP contribution is 2.34. The van der Waals surface area contributed by atoms with Crippen molar-refractivity contribution >= 4 is 0 Å². The molecule has 0 radical (unpaired) electrons. The lowest BCUT2D eigenvalue weighted by Gasteiger charge is -2.16. The van der Waals surface area contributed by atoms with E-state index in [0.717, 1.165) is 25.4 Å². The first-order valence-corrected chi connectivity index (χ1v) is 6.56. The second kappa shape index (κ2) is 5.48. The fourth-order valence-corrected chi connectivity index (χ4v) is 2.25. The Morgan fingerprint density at radius 3 is 2.88 bits per heavy atom. The van der Waals surface area contributed by atoms with E-state index in [2.05, 4.69) is 30.5 Å². The Bertz CT molecular complexity index is 315. The Balaban J connectivity index is 1.87. The number of likely N-dealkylation sites (N-methyl/N-ethyl adjacent to an activating group) is 1. The third-order valence-corrected chi connectivity index (χ3v) is 3.30. The molecule has 3 heteroatoms. The van der Waals surface area contributed by atoms with Gasteiger partial charge in [-0.25, -0.2) is 0 Å². The summed E-state index contributed by atoms with van der Waals surface area (Å²) in [5.41, 5.74) is 1.37. The van der Waals surface area contributed by atoms with Gasteiger partial charge in [0.1, 0.15) is 0 Å². The van der Waals surface area contributed by atoms with E-state index in [1.54, 1.807) is 0 Å². The summed E-state index contributed by atoms with van der Waals surface area (Å²) < 4.78 is 2.01. The maximum absolute atomic E-state index is 4.33. The normalized spacial score (nSPS) is 17.6. The molecule has 1 saturated carbocycles. The molecule has 1 aliphatic rings. The number of rotatable bonds is 7. The maximum Gasteiger partial charge on any atom is 0.0522 e. The molecular formula is C13H23N3. The van der Waals surface area contributed by atoms with Crippen molar-refractivity contribution < 1.29 is 0 Å². The number of aryl methyl sites for hydroxylation is 1. The Morgan fingerprint density at radius 1 is 1.50 bits per heavy atom. The van der Waals surface area contributed by atoms with Crippen LogP contribution in [0.25, 0.3) is 0 Å². The molecule has 0 amide bonds. The molecule has 1 aromatic heterocycles. The minimum Gasteiger partial charge on any atom is -0.314 e. The van der Waals surface area contributed by atoms with Crippen molar-refractivity contribution in [2.75, 3.05) is 6.54 Å². The molecule has 16 heavy (non-hydrogen) atoms. The molecular weight excluding hydrogens is 198 g/mol. The van der Waals surface area contributed by atoms with Crippen LogP contribution in [0.3, 0.4) is 0 Å². The summed E-state index contributed by atoms with van der Waals surface area (Å²) in [6.07, 6.45) is 9.54. The topological polar surface area (TPSA) is 29.9 Å². The van der Waals surface area contributed by atoms with Gasteiger partial charge in [0.2, 0.25) is 0 Å². The van der Waals surface area contributed by atoms with Gasteiger partial charge in [-0.1, -0.05) is 19.8 Å². The smallest absolute Gasteiger partial charge is 0.0522 e. The van der Waals surface area contributed by atoms with Crippen LogP contribution < -0.4 is 5.32 Å². The van der Waals surface area contributed by atoms with Gasteiger partial charge in [-0.2, -0.15) is 5.10 Å². The highest BCUT2D eigenvalue weighted by atomic mass is 15.3. The summed E-state index contributed by atoms with van der Waals surface area (Å²) in [7, 11) is 0. The molecule has 1 atom stereocenters. The molecule has 1 aliphatic carbocycles. The molecule has 0 bridgehead atoms. The van der Waals surface area contributed by atoms with Crippen molar-refractivity contribution in [2.24, 2.45) is 5.92 Å². The zero-order valence-electron chi connectivity index (χ0n) is 10.4. The summed E-state index contributed by atoms with van der Waals surface area (Å²) >= 11 is 0. The van der Waals surface area contributed by atoms with Crippen LogP contribution in [-0.4, -0.2) is 22.4 Å². The van der Waals surface area contributed by atoms with E-state index >= 15 is 0 Å². The first kappa shape index (κ1) is 11.6. The summed E-state index contributed by atoms with van der Waals surface area (Å²) in [6, 6.07) is 0.645. The SMILES string of the molecule is CCNC(Cc1cnn(CC)c1)CC1CC1. The lowest BCUT2D eigenvalue weighted by Crippen LogP contribution is -2.31. The molecule has 1 aromatic rings. The molecule has 1 N–H and O–H groups in total. The average molecular weight is 221 g/mol. The lowest BCUT2D eigenvalue weighted by molar-refractivity contribution is 0.466. The first-order chi connectivity index (χ1) is 7.81. The largest absolute Gasteiger partial charge is 0.314 e. The number of hydrogen-bond acceptors (Lipinski definition) is 2. The van der Waals surface area contributed by atoms with Crippen LogP contribution in [0.2, 0.25) is 0 Å². The molecule has 1 fully saturated rings. The first-order valence-electron chi connectivity index (χ1n) is 6.56. The van der Waals surface area contributed by atoms with Crippen molar-refractivity contribution in [1.82, 2.24) is 15.1 Å². The van der Waals surface area contributed by atoms with Crippen LogP contribution in [0.15, 0.2) is 12.4 Å². The van der Waals surface area contributed by atoms with Gasteiger partial charge in [-0.05, 0) is 37.8 Å². The van der Waals surface area contributed by atoms with Crippen molar-refractivity contribution in [3.05, 3.63) is 18.0 Å². The molecule has 1 unspecified atom stereocenters. The van der Waals surface area contributed by atoms with Crippen LogP contribution in [-0.2, 0) is 13.0 Å². The van der Waals surface area contributed by atoms with Gasteiger partial charge in [0, 0.05) is 18.8 Å². The standard InChI is InChI=1S/C13H23N3/c1-3-14-13(7-11-5-6-11)8-12-9-15-16(4-2)10-12/h9-11,13-14H,3-8H2,1-2H3. The Labute approximate surface area is 98.2 Å². The Morgan fingerprint density at radius 2 is 2.31 bits per heavy atom. The van der Waals surface area contributed by atoms with Gasteiger partial charge in [-0.3, -0.25) is 4.68 Å². The second-order valence-corrected chi connectivity index (χ2v) is 4.84. The summed E-state index contributed by atoms with van der Waals surface area (Å²) in [5.74, 6) is 0.991. The highest BCUT2D eigenvalue weighted by Gasteiger charge is 2.25. The monoisotopic (exact) mass is 221 g/mol. The number of nitrogens with zero attached hydrogens (tertiary/aromatic N) is 2. The summed E-state index contributed by atoms with van der Waals surface area (Å²) in [6.45, 7) is 6.35. The fourth-order valence-electron chi connectivity index (χ4n) is 2.25. The fraction of sp³-hybridized carbons (Fsp3) is 0.769. The minimum absolute atomic E-state index is 0.645. The third-order valence-electron chi connectivity index (χ3n) is 3.30. The van der Waals surface area contributed by atoms with E-state index in [4.69, 9.17) is 0 Å². The van der Waals surface area contributed by atoms with Crippen LogP contribution in [0.4, 0.5) is 0 Å². The van der Waals surface area contributed by atoms with Crippen molar-refractivity contribution in [1.29, 1.82) is 0 Å². The van der Waals surface area contributed by atoms with E-state index < -0.39 is 0 Å². The zero-order chi connectivity index (χ0) is 11.4.